The minimum atomic E-state index is -0.497. The molecule has 0 aliphatic heterocycles. The first-order chi connectivity index (χ1) is 18.2. The van der Waals surface area contributed by atoms with Gasteiger partial charge in [0.25, 0.3) is 5.91 Å². The molecule has 6 heteroatoms. The normalized spacial score (nSPS) is 13.1. The van der Waals surface area contributed by atoms with Gasteiger partial charge in [0, 0.05) is 13.1 Å². The molecule has 6 nitrogen and oxygen atoms in total. The number of allylic oxidation sites excluding steroid dienone is 1. The Bertz CT molecular complexity index is 1000. The number of unbranched alkanes of at least 4 members (excludes halogenated alkanes) is 2. The summed E-state index contributed by atoms with van der Waals surface area (Å²) in [5.74, 6) is 1.26. The maximum absolute atomic E-state index is 13.8. The average molecular weight is 525 g/mol. The molecular formula is C32H52N4O2. The molecule has 0 saturated carbocycles. The van der Waals surface area contributed by atoms with Gasteiger partial charge in [-0.15, -0.1) is 0 Å². The number of aryl methyl sites for hydroxylation is 1. The van der Waals surface area contributed by atoms with E-state index in [0.717, 1.165) is 55.5 Å². The van der Waals surface area contributed by atoms with E-state index in [-0.39, 0.29) is 18.6 Å². The molecule has 1 aromatic carbocycles. The minimum Gasteiger partial charge on any atom is -0.392 e. The molecule has 1 aromatic heterocycles. The van der Waals surface area contributed by atoms with Gasteiger partial charge in [-0.1, -0.05) is 90.3 Å². The van der Waals surface area contributed by atoms with Gasteiger partial charge in [0.2, 0.25) is 0 Å². The summed E-state index contributed by atoms with van der Waals surface area (Å²) in [5, 5.41) is 21.1. The van der Waals surface area contributed by atoms with Crippen molar-refractivity contribution in [1.29, 1.82) is 0 Å². The van der Waals surface area contributed by atoms with Gasteiger partial charge in [-0.25, -0.2) is 0 Å². The molecule has 0 spiro atoms. The third-order valence-corrected chi connectivity index (χ3v) is 7.76. The van der Waals surface area contributed by atoms with Gasteiger partial charge in [0.1, 0.15) is 11.4 Å². The van der Waals surface area contributed by atoms with Crippen LogP contribution in [0.4, 0.5) is 5.82 Å². The van der Waals surface area contributed by atoms with E-state index < -0.39 is 5.54 Å². The van der Waals surface area contributed by atoms with Crippen LogP contribution in [0.15, 0.2) is 42.1 Å². The van der Waals surface area contributed by atoms with Crippen molar-refractivity contribution in [3.05, 3.63) is 58.8 Å². The van der Waals surface area contributed by atoms with Crippen LogP contribution in [-0.2, 0) is 19.2 Å². The Morgan fingerprint density at radius 1 is 1.08 bits per heavy atom. The monoisotopic (exact) mass is 524 g/mol. The SMILES string of the molecule is CC/C=C(\CCCCC)[C@@H](CCC(C)C)Nc1c(C(=O)NC(CC)(CC)c2ccc(CO)cc2)cnn1C. The van der Waals surface area contributed by atoms with Crippen molar-refractivity contribution in [2.45, 2.75) is 118 Å². The minimum absolute atomic E-state index is 0.00743. The second-order valence-corrected chi connectivity index (χ2v) is 10.9. The Balaban J connectivity index is 2.37. The molecule has 1 heterocycles. The molecule has 0 radical (unpaired) electrons. The lowest BCUT2D eigenvalue weighted by molar-refractivity contribution is 0.0890. The molecule has 0 aliphatic carbocycles. The van der Waals surface area contributed by atoms with Gasteiger partial charge in [-0.3, -0.25) is 9.48 Å². The number of aliphatic hydroxyl groups is 1. The summed E-state index contributed by atoms with van der Waals surface area (Å²) in [7, 11) is 1.90. The third kappa shape index (κ3) is 8.45. The summed E-state index contributed by atoms with van der Waals surface area (Å²) in [6.07, 6.45) is 13.4. The lowest BCUT2D eigenvalue weighted by Gasteiger charge is -2.34. The zero-order valence-electron chi connectivity index (χ0n) is 24.9. The van der Waals surface area contributed by atoms with Crippen molar-refractivity contribution in [2.24, 2.45) is 13.0 Å². The quantitative estimate of drug-likeness (QED) is 0.148. The van der Waals surface area contributed by atoms with E-state index in [1.54, 1.807) is 10.9 Å². The fourth-order valence-electron chi connectivity index (χ4n) is 5.17. The van der Waals surface area contributed by atoms with Crippen LogP contribution < -0.4 is 10.6 Å². The highest BCUT2D eigenvalue weighted by atomic mass is 16.3. The van der Waals surface area contributed by atoms with Crippen molar-refractivity contribution >= 4 is 11.7 Å². The van der Waals surface area contributed by atoms with E-state index in [2.05, 4.69) is 63.4 Å². The van der Waals surface area contributed by atoms with E-state index in [4.69, 9.17) is 0 Å². The first kappa shape index (κ1) is 31.6. The highest BCUT2D eigenvalue weighted by Crippen LogP contribution is 2.31. The Morgan fingerprint density at radius 2 is 1.76 bits per heavy atom. The zero-order valence-corrected chi connectivity index (χ0v) is 24.9. The second-order valence-electron chi connectivity index (χ2n) is 10.9. The summed E-state index contributed by atoms with van der Waals surface area (Å²) in [6, 6.07) is 8.06. The van der Waals surface area contributed by atoms with E-state index in [1.807, 2.05) is 31.3 Å². The van der Waals surface area contributed by atoms with Crippen LogP contribution in [0.5, 0.6) is 0 Å². The molecule has 0 aliphatic rings. The number of anilines is 1. The molecular weight excluding hydrogens is 472 g/mol. The van der Waals surface area contributed by atoms with Gasteiger partial charge in [0.15, 0.2) is 0 Å². The second kappa shape index (κ2) is 15.7. The number of nitrogens with one attached hydrogen (secondary N) is 2. The van der Waals surface area contributed by atoms with Crippen LogP contribution >= 0.6 is 0 Å². The number of rotatable bonds is 17. The topological polar surface area (TPSA) is 79.2 Å². The van der Waals surface area contributed by atoms with Crippen molar-refractivity contribution < 1.29 is 9.90 Å². The van der Waals surface area contributed by atoms with E-state index in [0.29, 0.717) is 11.5 Å². The van der Waals surface area contributed by atoms with E-state index in [1.165, 1.54) is 24.8 Å². The smallest absolute Gasteiger partial charge is 0.257 e. The number of nitrogens with zero attached hydrogens (tertiary/aromatic N) is 2. The summed E-state index contributed by atoms with van der Waals surface area (Å²) in [6.45, 7) is 13.2. The molecule has 1 amide bonds. The van der Waals surface area contributed by atoms with Gasteiger partial charge >= 0.3 is 0 Å². The number of aromatic nitrogens is 2. The van der Waals surface area contributed by atoms with E-state index in [9.17, 15) is 9.90 Å². The number of benzene rings is 1. The Labute approximate surface area is 231 Å². The molecule has 38 heavy (non-hydrogen) atoms. The van der Waals surface area contributed by atoms with Crippen molar-refractivity contribution in [3.63, 3.8) is 0 Å². The molecule has 2 rings (SSSR count). The molecule has 0 unspecified atom stereocenters. The maximum atomic E-state index is 13.8. The summed E-state index contributed by atoms with van der Waals surface area (Å²) >= 11 is 0. The molecule has 0 bridgehead atoms. The first-order valence-corrected chi connectivity index (χ1v) is 14.7. The number of aliphatic hydroxyl groups excluding tert-OH is 1. The van der Waals surface area contributed by atoms with Crippen LogP contribution in [-0.4, -0.2) is 26.8 Å². The molecule has 2 aromatic rings. The summed E-state index contributed by atoms with van der Waals surface area (Å²) in [5.41, 5.74) is 3.43. The number of hydrogen-bond acceptors (Lipinski definition) is 4. The fourth-order valence-corrected chi connectivity index (χ4v) is 5.17. The predicted molar refractivity (Wildman–Crippen MR) is 159 cm³/mol. The fraction of sp³-hybridized carbons (Fsp3) is 0.625. The largest absolute Gasteiger partial charge is 0.392 e. The maximum Gasteiger partial charge on any atom is 0.257 e. The summed E-state index contributed by atoms with van der Waals surface area (Å²) < 4.78 is 1.79. The van der Waals surface area contributed by atoms with Crippen LogP contribution in [0.25, 0.3) is 0 Å². The summed E-state index contributed by atoms with van der Waals surface area (Å²) in [4.78, 5) is 13.8. The van der Waals surface area contributed by atoms with Crippen molar-refractivity contribution in [2.75, 3.05) is 5.32 Å². The first-order valence-electron chi connectivity index (χ1n) is 14.7. The van der Waals surface area contributed by atoms with E-state index >= 15 is 0 Å². The Hall–Kier alpha value is -2.60. The molecule has 3 N–H and O–H groups in total. The van der Waals surface area contributed by atoms with Crippen molar-refractivity contribution in [1.82, 2.24) is 15.1 Å². The highest BCUT2D eigenvalue weighted by molar-refractivity contribution is 5.99. The average Bonchev–Trinajstić information content (AvgIpc) is 3.29. The molecule has 1 atom stereocenters. The van der Waals surface area contributed by atoms with Gasteiger partial charge in [-0.2, -0.15) is 5.10 Å². The van der Waals surface area contributed by atoms with Crippen LogP contribution in [0.1, 0.15) is 121 Å². The van der Waals surface area contributed by atoms with Crippen LogP contribution in [0.2, 0.25) is 0 Å². The molecule has 0 fully saturated rings. The van der Waals surface area contributed by atoms with Gasteiger partial charge in [-0.05, 0) is 62.0 Å². The predicted octanol–water partition coefficient (Wildman–Crippen LogP) is 7.49. The standard InChI is InChI=1S/C32H52N4O2/c1-8-12-13-15-26(14-9-2)29(21-16-24(5)6)34-30-28(22-33-36(30)7)31(38)35-32(10-3,11-4)27-19-17-25(23-37)18-20-27/h14,17-20,22,24,29,34,37H,8-13,15-16,21,23H2,1-7H3,(H,35,38)/b26-14+/t29-/m1/s1. The number of amides is 1. The van der Waals surface area contributed by atoms with Gasteiger partial charge in [0.05, 0.1) is 18.3 Å². The van der Waals surface area contributed by atoms with Crippen LogP contribution in [0, 0.1) is 5.92 Å². The Morgan fingerprint density at radius 3 is 2.32 bits per heavy atom. The number of hydrogen-bond donors (Lipinski definition) is 3. The number of carbonyl (C=O) groups is 1. The lowest BCUT2D eigenvalue weighted by Crippen LogP contribution is -2.45. The molecule has 212 valence electrons. The lowest BCUT2D eigenvalue weighted by atomic mass is 9.84. The third-order valence-electron chi connectivity index (χ3n) is 7.76. The number of carbonyl (C=O) groups excluding carboxylic acids is 1. The zero-order chi connectivity index (χ0) is 28.1. The molecule has 0 saturated heterocycles. The highest BCUT2D eigenvalue weighted by Gasteiger charge is 2.32. The Kier molecular flexibility index (Phi) is 13.1. The van der Waals surface area contributed by atoms with Gasteiger partial charge < -0.3 is 15.7 Å². The van der Waals surface area contributed by atoms with Crippen LogP contribution in [0.3, 0.4) is 0 Å². The van der Waals surface area contributed by atoms with Crippen molar-refractivity contribution in [3.8, 4) is 0 Å².